The molecule has 0 bridgehead atoms. The van der Waals surface area contributed by atoms with Gasteiger partial charge in [0.2, 0.25) is 5.91 Å². The minimum Gasteiger partial charge on any atom is -0.462 e. The first-order chi connectivity index (χ1) is 8.47. The number of amides is 1. The predicted octanol–water partition coefficient (Wildman–Crippen LogP) is 2.18. The van der Waals surface area contributed by atoms with Crippen molar-refractivity contribution in [2.24, 2.45) is 0 Å². The number of nitrogens with zero attached hydrogens (tertiary/aromatic N) is 1. The molecule has 0 aromatic heterocycles. The average molecular weight is 268 g/mol. The molecule has 0 saturated carbocycles. The maximum atomic E-state index is 11.8. The number of halogens is 1. The van der Waals surface area contributed by atoms with E-state index in [4.69, 9.17) is 16.3 Å². The molecule has 0 atom stereocenters. The molecule has 0 radical (unpaired) electrons. The highest BCUT2D eigenvalue weighted by Crippen LogP contribution is 2.31. The summed E-state index contributed by atoms with van der Waals surface area (Å²) in [6, 6.07) is 5.25. The van der Waals surface area contributed by atoms with Crippen LogP contribution in [0, 0.1) is 0 Å². The van der Waals surface area contributed by atoms with E-state index in [0.29, 0.717) is 17.1 Å². The van der Waals surface area contributed by atoms with Gasteiger partial charge in [0.05, 0.1) is 12.5 Å². The van der Waals surface area contributed by atoms with Gasteiger partial charge in [-0.25, -0.2) is 0 Å². The van der Waals surface area contributed by atoms with Crippen LogP contribution >= 0.6 is 11.6 Å². The number of hydrogen-bond acceptors (Lipinski definition) is 3. The Kier molecular flexibility index (Phi) is 3.57. The number of esters is 1. The molecule has 96 valence electrons. The zero-order valence-corrected chi connectivity index (χ0v) is 11.0. The average Bonchev–Trinajstić information content (AvgIpc) is 2.55. The molecule has 1 amide bonds. The van der Waals surface area contributed by atoms with E-state index in [0.717, 1.165) is 5.56 Å². The van der Waals surface area contributed by atoms with Gasteiger partial charge < -0.3 is 9.64 Å². The van der Waals surface area contributed by atoms with Gasteiger partial charge in [-0.05, 0) is 31.5 Å². The quantitative estimate of drug-likeness (QED) is 0.789. The Bertz CT molecular complexity index is 499. The van der Waals surface area contributed by atoms with Gasteiger partial charge in [0.15, 0.2) is 0 Å². The summed E-state index contributed by atoms with van der Waals surface area (Å²) in [6.07, 6.45) is 0.121. The molecule has 0 unspecified atom stereocenters. The molecule has 0 N–H and O–H groups in total. The van der Waals surface area contributed by atoms with Crippen molar-refractivity contribution in [1.82, 2.24) is 0 Å². The number of rotatable bonds is 3. The molecule has 18 heavy (non-hydrogen) atoms. The third-order valence-corrected chi connectivity index (χ3v) is 2.87. The maximum Gasteiger partial charge on any atom is 0.326 e. The Morgan fingerprint density at radius 1 is 1.50 bits per heavy atom. The van der Waals surface area contributed by atoms with Crippen LogP contribution in [0.5, 0.6) is 0 Å². The molecule has 1 aromatic rings. The van der Waals surface area contributed by atoms with Crippen molar-refractivity contribution in [3.63, 3.8) is 0 Å². The molecule has 0 fully saturated rings. The summed E-state index contributed by atoms with van der Waals surface area (Å²) in [4.78, 5) is 24.9. The Morgan fingerprint density at radius 3 is 2.89 bits per heavy atom. The van der Waals surface area contributed by atoms with E-state index in [-0.39, 0.29) is 18.6 Å². The Hall–Kier alpha value is -1.55. The highest BCUT2D eigenvalue weighted by molar-refractivity contribution is 6.31. The van der Waals surface area contributed by atoms with Crippen LogP contribution in [0.15, 0.2) is 18.2 Å². The Balaban J connectivity index is 2.17. The van der Waals surface area contributed by atoms with Crippen LogP contribution in [0.2, 0.25) is 5.02 Å². The minimum absolute atomic E-state index is 0.0651. The highest BCUT2D eigenvalue weighted by atomic mass is 35.5. The van der Waals surface area contributed by atoms with E-state index < -0.39 is 5.97 Å². The number of carbonyl (C=O) groups is 2. The van der Waals surface area contributed by atoms with Crippen LogP contribution in [0.25, 0.3) is 0 Å². The molecule has 0 saturated heterocycles. The van der Waals surface area contributed by atoms with Crippen LogP contribution in [0.4, 0.5) is 5.69 Å². The lowest BCUT2D eigenvalue weighted by molar-refractivity contribution is -0.146. The van der Waals surface area contributed by atoms with Gasteiger partial charge in [-0.2, -0.15) is 0 Å². The first-order valence-corrected chi connectivity index (χ1v) is 6.13. The third kappa shape index (κ3) is 2.64. The first-order valence-electron chi connectivity index (χ1n) is 5.75. The zero-order chi connectivity index (χ0) is 13.3. The third-order valence-electron chi connectivity index (χ3n) is 2.64. The second-order valence-electron chi connectivity index (χ2n) is 4.47. The van der Waals surface area contributed by atoms with Gasteiger partial charge in [0.1, 0.15) is 6.54 Å². The fourth-order valence-corrected chi connectivity index (χ4v) is 2.10. The first kappa shape index (κ1) is 12.9. The SMILES string of the molecule is CC(C)OC(=O)CN1C(=O)Cc2ccc(Cl)cc21. The van der Waals surface area contributed by atoms with E-state index in [1.807, 2.05) is 6.07 Å². The second kappa shape index (κ2) is 4.98. The van der Waals surface area contributed by atoms with Gasteiger partial charge in [-0.1, -0.05) is 17.7 Å². The molecule has 0 aliphatic carbocycles. The summed E-state index contributed by atoms with van der Waals surface area (Å²) in [5.41, 5.74) is 1.59. The van der Waals surface area contributed by atoms with Crippen LogP contribution in [0.1, 0.15) is 19.4 Å². The Morgan fingerprint density at radius 2 is 2.22 bits per heavy atom. The monoisotopic (exact) mass is 267 g/mol. The number of anilines is 1. The van der Waals surface area contributed by atoms with Gasteiger partial charge in [-0.3, -0.25) is 9.59 Å². The number of carbonyl (C=O) groups excluding carboxylic acids is 2. The van der Waals surface area contributed by atoms with Crippen molar-refractivity contribution < 1.29 is 14.3 Å². The number of fused-ring (bicyclic) bond motifs is 1. The molecule has 0 spiro atoms. The molecule has 1 aliphatic rings. The topological polar surface area (TPSA) is 46.6 Å². The highest BCUT2D eigenvalue weighted by Gasteiger charge is 2.29. The molecule has 4 nitrogen and oxygen atoms in total. The van der Waals surface area contributed by atoms with Crippen molar-refractivity contribution in [2.45, 2.75) is 26.4 Å². The number of benzene rings is 1. The summed E-state index contributed by atoms with van der Waals surface area (Å²) in [5.74, 6) is -0.515. The van der Waals surface area contributed by atoms with E-state index >= 15 is 0 Å². The predicted molar refractivity (Wildman–Crippen MR) is 68.7 cm³/mol. The summed E-state index contributed by atoms with van der Waals surface area (Å²) in [6.45, 7) is 3.48. The van der Waals surface area contributed by atoms with Crippen molar-refractivity contribution in [2.75, 3.05) is 11.4 Å². The second-order valence-corrected chi connectivity index (χ2v) is 4.90. The van der Waals surface area contributed by atoms with E-state index in [9.17, 15) is 9.59 Å². The zero-order valence-electron chi connectivity index (χ0n) is 10.3. The van der Waals surface area contributed by atoms with Gasteiger partial charge in [0.25, 0.3) is 0 Å². The molecule has 1 aromatic carbocycles. The molecular formula is C13H14ClNO3. The largest absolute Gasteiger partial charge is 0.462 e. The Labute approximate surface area is 110 Å². The fourth-order valence-electron chi connectivity index (χ4n) is 1.93. The van der Waals surface area contributed by atoms with Crippen molar-refractivity contribution in [3.05, 3.63) is 28.8 Å². The summed E-state index contributed by atoms with van der Waals surface area (Å²) >= 11 is 5.90. The van der Waals surface area contributed by atoms with Crippen molar-refractivity contribution >= 4 is 29.2 Å². The van der Waals surface area contributed by atoms with Crippen molar-refractivity contribution in [3.8, 4) is 0 Å². The van der Waals surface area contributed by atoms with E-state index in [1.165, 1.54) is 4.90 Å². The number of hydrogen-bond donors (Lipinski definition) is 0. The lowest BCUT2D eigenvalue weighted by atomic mass is 10.2. The van der Waals surface area contributed by atoms with Crippen LogP contribution in [-0.2, 0) is 20.7 Å². The normalized spacial score (nSPS) is 14.0. The van der Waals surface area contributed by atoms with E-state index in [2.05, 4.69) is 0 Å². The lowest BCUT2D eigenvalue weighted by Crippen LogP contribution is -2.34. The minimum atomic E-state index is -0.411. The lowest BCUT2D eigenvalue weighted by Gasteiger charge is -2.17. The summed E-state index contributed by atoms with van der Waals surface area (Å²) in [5, 5.41) is 0.547. The maximum absolute atomic E-state index is 11.8. The van der Waals surface area contributed by atoms with Gasteiger partial charge in [0, 0.05) is 10.7 Å². The molecular weight excluding hydrogens is 254 g/mol. The van der Waals surface area contributed by atoms with E-state index in [1.54, 1.807) is 26.0 Å². The van der Waals surface area contributed by atoms with Crippen LogP contribution in [0.3, 0.4) is 0 Å². The van der Waals surface area contributed by atoms with Crippen LogP contribution < -0.4 is 4.90 Å². The van der Waals surface area contributed by atoms with Gasteiger partial charge in [-0.15, -0.1) is 0 Å². The molecule has 1 heterocycles. The molecule has 1 aliphatic heterocycles. The summed E-state index contributed by atoms with van der Waals surface area (Å²) < 4.78 is 5.04. The standard InChI is InChI=1S/C13H14ClNO3/c1-8(2)18-13(17)7-15-11-6-10(14)4-3-9(11)5-12(15)16/h3-4,6,8H,5,7H2,1-2H3. The summed E-state index contributed by atoms with van der Waals surface area (Å²) in [7, 11) is 0. The fraction of sp³-hybridized carbons (Fsp3) is 0.385. The number of ether oxygens (including phenoxy) is 1. The molecule has 2 rings (SSSR count). The van der Waals surface area contributed by atoms with Crippen LogP contribution in [-0.4, -0.2) is 24.5 Å². The van der Waals surface area contributed by atoms with Crippen molar-refractivity contribution in [1.29, 1.82) is 0 Å². The molecule has 5 heteroatoms. The smallest absolute Gasteiger partial charge is 0.326 e. The van der Waals surface area contributed by atoms with Gasteiger partial charge >= 0.3 is 5.97 Å².